The van der Waals surface area contributed by atoms with Crippen molar-refractivity contribution in [1.82, 2.24) is 31.5 Å². The number of rotatable bonds is 15. The molecule has 2 aliphatic rings. The number of hydrogen-bond donors (Lipinski definition) is 6. The summed E-state index contributed by atoms with van der Waals surface area (Å²) in [7, 11) is 0. The molecule has 3 rings (SSSR count). The van der Waals surface area contributed by atoms with Crippen molar-refractivity contribution in [1.29, 1.82) is 0 Å². The molecule has 0 spiro atoms. The van der Waals surface area contributed by atoms with Gasteiger partial charge in [-0.3, -0.25) is 38.8 Å². The van der Waals surface area contributed by atoms with Crippen LogP contribution in [0.4, 0.5) is 0 Å². The summed E-state index contributed by atoms with van der Waals surface area (Å²) in [6, 6.07) is 3.98. The molecule has 5 amide bonds. The number of thiol groups is 1. The lowest BCUT2D eigenvalue weighted by Gasteiger charge is -2.39. The van der Waals surface area contributed by atoms with E-state index in [2.05, 4.69) is 44.2 Å². The van der Waals surface area contributed by atoms with E-state index in [4.69, 9.17) is 4.99 Å². The number of carbonyl (C=O) groups excluding carboxylic acids is 6. The Morgan fingerprint density at radius 1 is 0.983 bits per heavy atom. The van der Waals surface area contributed by atoms with Gasteiger partial charge in [-0.2, -0.15) is 0 Å². The Bertz CT molecular complexity index is 1750. The Labute approximate surface area is 362 Å². The molecule has 1 saturated heterocycles. The van der Waals surface area contributed by atoms with E-state index in [0.29, 0.717) is 19.4 Å². The van der Waals surface area contributed by atoms with Crippen LogP contribution in [0, 0.1) is 22.7 Å². The number of nitrogens with zero attached hydrogens (tertiary/aromatic N) is 3. The zero-order valence-electron chi connectivity index (χ0n) is 37.5. The average Bonchev–Trinajstić information content (AvgIpc) is 3.57. The third-order valence-electron chi connectivity index (χ3n) is 11.2. The number of fused-ring (bicyclic) bond motifs is 1. The first-order valence-corrected chi connectivity index (χ1v) is 21.8. The first-order chi connectivity index (χ1) is 28.1. The predicted octanol–water partition coefficient (Wildman–Crippen LogP) is 4.71. The zero-order valence-corrected chi connectivity index (χ0v) is 38.4. The monoisotopic (exact) mass is 851 g/mol. The molecule has 332 valence electrons. The molecule has 8 atom stereocenters. The highest BCUT2D eigenvalue weighted by Gasteiger charge is 2.44. The van der Waals surface area contributed by atoms with Crippen molar-refractivity contribution in [2.75, 3.05) is 13.1 Å². The van der Waals surface area contributed by atoms with Crippen LogP contribution in [-0.4, -0.2) is 102 Å². The van der Waals surface area contributed by atoms with Gasteiger partial charge in [0.15, 0.2) is 0 Å². The van der Waals surface area contributed by atoms with Crippen LogP contribution in [0.2, 0.25) is 0 Å². The van der Waals surface area contributed by atoms with Gasteiger partial charge in [-0.25, -0.2) is 0 Å². The van der Waals surface area contributed by atoms with Crippen molar-refractivity contribution >= 4 is 60.0 Å². The minimum absolute atomic E-state index is 0.0224. The van der Waals surface area contributed by atoms with Crippen molar-refractivity contribution in [3.05, 3.63) is 47.5 Å². The molecule has 1 fully saturated rings. The van der Waals surface area contributed by atoms with Crippen LogP contribution in [0.15, 0.2) is 51.9 Å². The summed E-state index contributed by atoms with van der Waals surface area (Å²) in [5, 5.41) is 16.9. The van der Waals surface area contributed by atoms with Gasteiger partial charge in [0, 0.05) is 37.7 Å². The fourth-order valence-corrected chi connectivity index (χ4v) is 7.62. The summed E-state index contributed by atoms with van der Waals surface area (Å²) >= 11 is 4.06. The lowest BCUT2D eigenvalue weighted by Crippen LogP contribution is -2.65. The number of carbonyl (C=O) groups is 6. The first kappa shape index (κ1) is 49.8. The molecule has 14 nitrogen and oxygen atoms in total. The van der Waals surface area contributed by atoms with Gasteiger partial charge in [-0.1, -0.05) is 113 Å². The normalized spacial score (nSPS) is 22.8. The Morgan fingerprint density at radius 2 is 1.65 bits per heavy atom. The van der Waals surface area contributed by atoms with Crippen LogP contribution in [0.25, 0.3) is 0 Å². The molecule has 0 aromatic heterocycles. The summed E-state index contributed by atoms with van der Waals surface area (Å²) in [5.74, 6) is -2.89. The van der Waals surface area contributed by atoms with Gasteiger partial charge in [0.05, 0.1) is 12.1 Å². The fraction of sp³-hybridized carbons (Fsp3) is 0.644. The van der Waals surface area contributed by atoms with Crippen LogP contribution in [0.3, 0.4) is 0 Å². The van der Waals surface area contributed by atoms with Gasteiger partial charge >= 0.3 is 0 Å². The number of hydrogen-bond acceptors (Lipinski definition) is 10. The van der Waals surface area contributed by atoms with Crippen molar-refractivity contribution in [2.24, 2.45) is 32.7 Å². The Balaban J connectivity index is 2.10. The molecule has 1 aromatic carbocycles. The highest BCUT2D eigenvalue weighted by molar-refractivity contribution is 7.83. The third kappa shape index (κ3) is 14.0. The van der Waals surface area contributed by atoms with Crippen molar-refractivity contribution in [3.63, 3.8) is 0 Å². The quantitative estimate of drug-likeness (QED) is 0.109. The lowest BCUT2D eigenvalue weighted by atomic mass is 9.82. The third-order valence-corrected chi connectivity index (χ3v) is 11.3. The van der Waals surface area contributed by atoms with Gasteiger partial charge in [-0.05, 0) is 46.5 Å². The van der Waals surface area contributed by atoms with Crippen LogP contribution >= 0.6 is 12.6 Å². The molecule has 0 aliphatic carbocycles. The number of benzene rings is 1. The van der Waals surface area contributed by atoms with Gasteiger partial charge < -0.3 is 31.5 Å². The van der Waals surface area contributed by atoms with Crippen molar-refractivity contribution in [2.45, 2.75) is 150 Å². The Hall–Kier alpha value is -4.53. The average molecular weight is 851 g/mol. The van der Waals surface area contributed by atoms with E-state index in [0.717, 1.165) is 18.4 Å². The number of nitrogens with one attached hydrogen (secondary N) is 5. The van der Waals surface area contributed by atoms with E-state index in [1.165, 1.54) is 22.7 Å². The van der Waals surface area contributed by atoms with Crippen LogP contribution in [-0.2, 0) is 28.8 Å². The highest BCUT2D eigenvalue weighted by Crippen LogP contribution is 2.28. The van der Waals surface area contributed by atoms with Crippen LogP contribution in [0.1, 0.15) is 120 Å². The number of Topliss-reactive ketones (excluding diaryl/α,β-unsaturated/α-hetero) is 1. The van der Waals surface area contributed by atoms with Crippen LogP contribution < -0.4 is 26.6 Å². The van der Waals surface area contributed by atoms with Crippen molar-refractivity contribution in [3.8, 4) is 0 Å². The second-order valence-electron chi connectivity index (χ2n) is 18.7. The number of aliphatic imine (C=N–C) groups is 2. The number of ketones is 1. The summed E-state index contributed by atoms with van der Waals surface area (Å²) in [6.45, 7) is 20.9. The van der Waals surface area contributed by atoms with E-state index in [1.54, 1.807) is 0 Å². The minimum Gasteiger partial charge on any atom is -0.360 e. The molecule has 0 radical (unpaired) electrons. The maximum atomic E-state index is 14.8. The summed E-state index contributed by atoms with van der Waals surface area (Å²) < 4.78 is 0. The topological polar surface area (TPSA) is 191 Å². The van der Waals surface area contributed by atoms with Gasteiger partial charge in [-0.15, -0.1) is 12.6 Å². The van der Waals surface area contributed by atoms with Gasteiger partial charge in [0.1, 0.15) is 42.3 Å². The molecule has 2 aliphatic heterocycles. The maximum Gasteiger partial charge on any atom is 0.244 e. The molecule has 0 bridgehead atoms. The predicted molar refractivity (Wildman–Crippen MR) is 241 cm³/mol. The first-order valence-electron chi connectivity index (χ1n) is 21.3. The van der Waals surface area contributed by atoms with E-state index in [9.17, 15) is 28.8 Å². The fourth-order valence-electron chi connectivity index (χ4n) is 7.54. The largest absolute Gasteiger partial charge is 0.360 e. The SMILES string of the molecule is CCCCC(=O)C[C@H](C=N/C=C\S)NC(=O)C(NC(=O)C(NC1=NCC(=O)N2CC[C@@H](C)[C@H]2C(=O)N[C@@H](C(C)C)C(=O)NC1C(C)(C)C)C(C)(C)C)[C@@H](C)c1ccccc1. The molecule has 15 heteroatoms. The van der Waals surface area contributed by atoms with Crippen LogP contribution in [0.5, 0.6) is 0 Å². The molecular formula is C45H70N8O6S. The van der Waals surface area contributed by atoms with E-state index in [-0.39, 0.29) is 48.2 Å². The van der Waals surface area contributed by atoms with E-state index >= 15 is 0 Å². The summed E-state index contributed by atoms with van der Waals surface area (Å²) in [5.41, 5.74) is -0.686. The smallest absolute Gasteiger partial charge is 0.244 e. The van der Waals surface area contributed by atoms with Gasteiger partial charge in [0.2, 0.25) is 29.5 Å². The molecule has 2 heterocycles. The number of amides is 5. The molecular weight excluding hydrogens is 781 g/mol. The molecule has 60 heavy (non-hydrogen) atoms. The maximum absolute atomic E-state index is 14.8. The summed E-state index contributed by atoms with van der Waals surface area (Å²) in [6.07, 6.45) is 5.53. The zero-order chi connectivity index (χ0) is 44.9. The minimum atomic E-state index is -1.10. The molecule has 3 unspecified atom stereocenters. The van der Waals surface area contributed by atoms with E-state index in [1.807, 2.05) is 106 Å². The summed E-state index contributed by atoms with van der Waals surface area (Å²) in [4.78, 5) is 94.3. The molecule has 1 aromatic rings. The second-order valence-corrected chi connectivity index (χ2v) is 19.0. The highest BCUT2D eigenvalue weighted by atomic mass is 32.1. The Morgan fingerprint density at radius 3 is 2.23 bits per heavy atom. The standard InChI is InChI=1S/C45H70N8O6S/c1-12-13-19-32(54)24-31(25-46-21-23-60)48-41(57)35(29(5)30-17-15-14-16-18-30)50-43(59)38(45(9,10)11)51-39-37(44(6,7)8)52-40(56)34(27(2)3)49-42(58)36-28(4)20-22-53(36)33(55)26-47-39/h14-18,21,23,25,27-29,31,34-38,60H,12-13,19-20,22,24,26H2,1-11H3,(H,47,51)(H,48,57)(H,49,58)(H,50,59)(H,52,56)/b23-21-,46-25?/t28-,29+,31-,34+,35?,36+,37?,38?/m1/s1. The Kier molecular flexibility index (Phi) is 18.6. The lowest BCUT2D eigenvalue weighted by molar-refractivity contribution is -0.140. The number of amidine groups is 1. The molecule has 5 N–H and O–H groups in total. The molecule has 0 saturated carbocycles. The van der Waals surface area contributed by atoms with E-state index < -0.39 is 70.7 Å². The second kappa shape index (κ2) is 22.4. The number of unbranched alkanes of at least 4 members (excludes halogenated alkanes) is 1. The van der Waals surface area contributed by atoms with Crippen molar-refractivity contribution < 1.29 is 28.8 Å². The van der Waals surface area contributed by atoms with Gasteiger partial charge in [0.25, 0.3) is 0 Å².